The highest BCUT2D eigenvalue weighted by Gasteiger charge is 2.37. The predicted molar refractivity (Wildman–Crippen MR) is 125 cm³/mol. The van der Waals surface area contributed by atoms with Crippen LogP contribution in [-0.2, 0) is 6.54 Å². The van der Waals surface area contributed by atoms with Crippen molar-refractivity contribution in [2.75, 3.05) is 25.5 Å². The summed E-state index contributed by atoms with van der Waals surface area (Å²) in [6, 6.07) is 19.6. The fourth-order valence-corrected chi connectivity index (χ4v) is 4.91. The second-order valence-electron chi connectivity index (χ2n) is 8.65. The summed E-state index contributed by atoms with van der Waals surface area (Å²) in [5.41, 5.74) is 2.14. The lowest BCUT2D eigenvalue weighted by molar-refractivity contribution is 0.0594. The highest BCUT2D eigenvalue weighted by Crippen LogP contribution is 2.36. The van der Waals surface area contributed by atoms with E-state index in [2.05, 4.69) is 5.32 Å². The van der Waals surface area contributed by atoms with E-state index in [-0.39, 0.29) is 34.9 Å². The van der Waals surface area contributed by atoms with E-state index in [0.29, 0.717) is 36.5 Å². The first-order valence-electron chi connectivity index (χ1n) is 11.1. The number of rotatable bonds is 4. The van der Waals surface area contributed by atoms with Crippen LogP contribution in [0.4, 0.5) is 5.69 Å². The minimum Gasteiger partial charge on any atom is -0.497 e. The van der Waals surface area contributed by atoms with Gasteiger partial charge in [0.05, 0.1) is 7.11 Å². The van der Waals surface area contributed by atoms with Crippen molar-refractivity contribution >= 4 is 17.5 Å². The summed E-state index contributed by atoms with van der Waals surface area (Å²) >= 11 is 0. The summed E-state index contributed by atoms with van der Waals surface area (Å²) in [5.74, 6) is 0.684. The van der Waals surface area contributed by atoms with Gasteiger partial charge in [-0.1, -0.05) is 18.2 Å². The number of nitrogens with zero attached hydrogens (tertiary/aromatic N) is 2. The van der Waals surface area contributed by atoms with Gasteiger partial charge in [0.1, 0.15) is 11.4 Å². The Labute approximate surface area is 191 Å². The molecule has 2 unspecified atom stereocenters. The minimum absolute atomic E-state index is 0.00473. The molecule has 168 valence electrons. The summed E-state index contributed by atoms with van der Waals surface area (Å²) in [5, 5.41) is 2.75. The monoisotopic (exact) mass is 443 g/mol. The lowest BCUT2D eigenvalue weighted by Gasteiger charge is -2.43. The van der Waals surface area contributed by atoms with Crippen molar-refractivity contribution in [2.24, 2.45) is 5.92 Å². The fourth-order valence-electron chi connectivity index (χ4n) is 4.91. The van der Waals surface area contributed by atoms with E-state index in [4.69, 9.17) is 4.74 Å². The number of pyridine rings is 1. The molecule has 2 aromatic carbocycles. The first-order chi connectivity index (χ1) is 16.0. The van der Waals surface area contributed by atoms with Gasteiger partial charge in [0, 0.05) is 42.4 Å². The summed E-state index contributed by atoms with van der Waals surface area (Å²) < 4.78 is 6.95. The molecule has 0 radical (unpaired) electrons. The molecule has 2 aliphatic heterocycles. The van der Waals surface area contributed by atoms with Crippen LogP contribution in [0.2, 0.25) is 0 Å². The van der Waals surface area contributed by atoms with Crippen molar-refractivity contribution in [3.05, 3.63) is 93.9 Å². The summed E-state index contributed by atoms with van der Waals surface area (Å²) in [6.07, 6.45) is 0.946. The fraction of sp³-hybridized carbons (Fsp3) is 0.269. The number of piperidine rings is 1. The molecule has 1 N–H and O–H groups in total. The Kier molecular flexibility index (Phi) is 5.46. The van der Waals surface area contributed by atoms with Crippen molar-refractivity contribution in [1.29, 1.82) is 0 Å². The maximum atomic E-state index is 13.2. The molecule has 2 bridgehead atoms. The maximum absolute atomic E-state index is 13.2. The normalized spacial score (nSPS) is 18.9. The van der Waals surface area contributed by atoms with Crippen molar-refractivity contribution in [1.82, 2.24) is 9.47 Å². The number of ether oxygens (including phenoxy) is 1. The highest BCUT2D eigenvalue weighted by atomic mass is 16.5. The minimum atomic E-state index is -0.305. The Morgan fingerprint density at radius 3 is 2.39 bits per heavy atom. The largest absolute Gasteiger partial charge is 0.497 e. The second kappa shape index (κ2) is 8.58. The van der Waals surface area contributed by atoms with Crippen LogP contribution in [0, 0.1) is 5.92 Å². The summed E-state index contributed by atoms with van der Waals surface area (Å²) in [6.45, 7) is 1.70. The van der Waals surface area contributed by atoms with Gasteiger partial charge in [-0.15, -0.1) is 0 Å². The first-order valence-corrected chi connectivity index (χ1v) is 11.1. The number of likely N-dealkylation sites (tertiary alicyclic amines) is 1. The van der Waals surface area contributed by atoms with E-state index in [0.717, 1.165) is 12.1 Å². The Bertz CT molecular complexity index is 1250. The highest BCUT2D eigenvalue weighted by molar-refractivity contribution is 6.04. The molecule has 3 aromatic rings. The molecule has 2 atom stereocenters. The zero-order chi connectivity index (χ0) is 22.9. The maximum Gasteiger partial charge on any atom is 0.274 e. The van der Waals surface area contributed by atoms with Crippen LogP contribution in [-0.4, -0.2) is 41.5 Å². The molecule has 3 heterocycles. The van der Waals surface area contributed by atoms with Crippen molar-refractivity contribution in [3.8, 4) is 5.75 Å². The van der Waals surface area contributed by atoms with Crippen LogP contribution in [0.15, 0.2) is 71.5 Å². The van der Waals surface area contributed by atoms with Gasteiger partial charge >= 0.3 is 0 Å². The molecule has 0 saturated carbocycles. The van der Waals surface area contributed by atoms with E-state index >= 15 is 0 Å². The first kappa shape index (κ1) is 21.0. The summed E-state index contributed by atoms with van der Waals surface area (Å²) in [4.78, 5) is 40.7. The van der Waals surface area contributed by atoms with Gasteiger partial charge in [0.15, 0.2) is 0 Å². The number of hydrogen-bond donors (Lipinski definition) is 1. The number of anilines is 1. The predicted octanol–water partition coefficient (Wildman–Crippen LogP) is 3.37. The quantitative estimate of drug-likeness (QED) is 0.671. The smallest absolute Gasteiger partial charge is 0.274 e. The molecule has 7 heteroatoms. The Hall–Kier alpha value is -3.87. The number of hydrogen-bond acceptors (Lipinski definition) is 4. The van der Waals surface area contributed by atoms with Crippen LogP contribution in [0.3, 0.4) is 0 Å². The molecule has 5 rings (SSSR count). The number of carbonyl (C=O) groups is 2. The van der Waals surface area contributed by atoms with Gasteiger partial charge < -0.3 is 19.5 Å². The molecular weight excluding hydrogens is 418 g/mol. The number of fused-ring (bicyclic) bond motifs is 4. The van der Waals surface area contributed by atoms with Crippen LogP contribution in [0.25, 0.3) is 0 Å². The standard InChI is InChI=1S/C26H25N3O4/c1-33-21-9-7-19(8-10-21)25(31)28-14-17-13-20(16-28)23-12-11-22(26(32)29(23)15-17)27-24(30)18-5-3-2-4-6-18/h2-12,17,20H,13-16H2,1H3,(H,27,30). The number of aromatic nitrogens is 1. The summed E-state index contributed by atoms with van der Waals surface area (Å²) in [7, 11) is 1.60. The van der Waals surface area contributed by atoms with Gasteiger partial charge in [0.2, 0.25) is 0 Å². The second-order valence-corrected chi connectivity index (χ2v) is 8.65. The molecular formula is C26H25N3O4. The van der Waals surface area contributed by atoms with Gasteiger partial charge in [-0.25, -0.2) is 0 Å². The molecule has 2 amide bonds. The average Bonchev–Trinajstić information content (AvgIpc) is 2.86. The number of carbonyl (C=O) groups excluding carboxylic acids is 2. The number of methoxy groups -OCH3 is 1. The third-order valence-electron chi connectivity index (χ3n) is 6.51. The lowest BCUT2D eigenvalue weighted by Crippen LogP contribution is -2.49. The molecule has 0 aliphatic carbocycles. The molecule has 1 fully saturated rings. The van der Waals surface area contributed by atoms with Gasteiger partial charge in [0.25, 0.3) is 17.4 Å². The molecule has 1 saturated heterocycles. The SMILES string of the molecule is COc1ccc(C(=O)N2CC3CC(C2)c2ccc(NC(=O)c4ccccc4)c(=O)n2C3)cc1. The van der Waals surface area contributed by atoms with Gasteiger partial charge in [-0.2, -0.15) is 0 Å². The van der Waals surface area contributed by atoms with E-state index in [9.17, 15) is 14.4 Å². The molecule has 0 spiro atoms. The Morgan fingerprint density at radius 2 is 1.67 bits per heavy atom. The third kappa shape index (κ3) is 4.02. The lowest BCUT2D eigenvalue weighted by atomic mass is 9.83. The third-order valence-corrected chi connectivity index (χ3v) is 6.51. The molecule has 33 heavy (non-hydrogen) atoms. The number of nitrogens with one attached hydrogen (secondary N) is 1. The van der Waals surface area contributed by atoms with Crippen LogP contribution >= 0.6 is 0 Å². The topological polar surface area (TPSA) is 80.6 Å². The Balaban J connectivity index is 1.36. The van der Waals surface area contributed by atoms with Gasteiger partial charge in [-0.3, -0.25) is 14.4 Å². The van der Waals surface area contributed by atoms with Crippen LogP contribution in [0.5, 0.6) is 5.75 Å². The van der Waals surface area contributed by atoms with E-state index in [1.165, 1.54) is 0 Å². The van der Waals surface area contributed by atoms with E-state index in [1.807, 2.05) is 17.0 Å². The number of benzene rings is 2. The van der Waals surface area contributed by atoms with Crippen LogP contribution in [0.1, 0.15) is 38.7 Å². The molecule has 7 nitrogen and oxygen atoms in total. The Morgan fingerprint density at radius 1 is 0.909 bits per heavy atom. The molecule has 2 aliphatic rings. The van der Waals surface area contributed by atoms with Crippen molar-refractivity contribution in [2.45, 2.75) is 18.9 Å². The van der Waals surface area contributed by atoms with E-state index < -0.39 is 0 Å². The van der Waals surface area contributed by atoms with Gasteiger partial charge in [-0.05, 0) is 60.9 Å². The number of amides is 2. The average molecular weight is 444 g/mol. The van der Waals surface area contributed by atoms with Crippen molar-refractivity contribution < 1.29 is 14.3 Å². The van der Waals surface area contributed by atoms with E-state index in [1.54, 1.807) is 66.3 Å². The zero-order valence-corrected chi connectivity index (χ0v) is 18.4. The van der Waals surface area contributed by atoms with Crippen molar-refractivity contribution in [3.63, 3.8) is 0 Å². The van der Waals surface area contributed by atoms with Crippen LogP contribution < -0.4 is 15.6 Å². The molecule has 1 aromatic heterocycles. The zero-order valence-electron chi connectivity index (χ0n) is 18.4.